The molecule has 0 unspecified atom stereocenters. The van der Waals surface area contributed by atoms with E-state index in [1.54, 1.807) is 0 Å². The molecule has 0 amide bonds. The predicted molar refractivity (Wildman–Crippen MR) is 45.2 cm³/mol. The van der Waals surface area contributed by atoms with Crippen LogP contribution in [-0.2, 0) is 4.57 Å². The topological polar surface area (TPSA) is 60.8 Å². The summed E-state index contributed by atoms with van der Waals surface area (Å²) in [4.78, 5) is 14.3. The van der Waals surface area contributed by atoms with Crippen LogP contribution in [0.3, 0.4) is 0 Å². The molecule has 0 saturated heterocycles. The molecule has 2 N–H and O–H groups in total. The third kappa shape index (κ3) is 23.2. The molecule has 0 aromatic carbocycles. The van der Waals surface area contributed by atoms with E-state index >= 15 is 0 Å². The SMILES string of the molecule is CC(C)N(Cl)Br.O=[PH](O)O. The van der Waals surface area contributed by atoms with Gasteiger partial charge in [0.05, 0.1) is 0 Å². The molecule has 0 aliphatic rings. The predicted octanol–water partition coefficient (Wildman–Crippen LogP) is 1.52. The lowest BCUT2D eigenvalue weighted by atomic mass is 10.4. The molecule has 0 aromatic heterocycles. The smallest absolute Gasteiger partial charge is 0.314 e. The van der Waals surface area contributed by atoms with Crippen LogP contribution in [0.15, 0.2) is 0 Å². The van der Waals surface area contributed by atoms with Crippen molar-refractivity contribution in [1.82, 2.24) is 3.45 Å². The summed E-state index contributed by atoms with van der Waals surface area (Å²) in [5.74, 6) is 0. The monoisotopic (exact) mass is 253 g/mol. The van der Waals surface area contributed by atoms with Gasteiger partial charge in [-0.2, -0.15) is 3.45 Å². The summed E-state index contributed by atoms with van der Waals surface area (Å²) >= 11 is 8.40. The highest BCUT2D eigenvalue weighted by Crippen LogP contribution is 2.06. The van der Waals surface area contributed by atoms with Gasteiger partial charge in [0.1, 0.15) is 0 Å². The Kier molecular flexibility index (Phi) is 10.7. The molecule has 0 radical (unpaired) electrons. The van der Waals surface area contributed by atoms with Gasteiger partial charge in [-0.05, 0) is 25.6 Å². The molecule has 0 aromatic rings. The minimum atomic E-state index is -3.13. The molecule has 0 aliphatic heterocycles. The molecule has 0 saturated carbocycles. The second-order valence-corrected chi connectivity index (χ2v) is 3.74. The van der Waals surface area contributed by atoms with Gasteiger partial charge in [-0.3, -0.25) is 4.57 Å². The average molecular weight is 254 g/mol. The zero-order valence-corrected chi connectivity index (χ0v) is 8.93. The Morgan fingerprint density at radius 2 is 1.70 bits per heavy atom. The Balaban J connectivity index is 0. The minimum Gasteiger partial charge on any atom is -0.326 e. The van der Waals surface area contributed by atoms with Crippen molar-refractivity contribution in [2.75, 3.05) is 0 Å². The molecule has 10 heavy (non-hydrogen) atoms. The fourth-order valence-electron chi connectivity index (χ4n) is 0. The highest BCUT2D eigenvalue weighted by molar-refractivity contribution is 9.08. The Morgan fingerprint density at radius 1 is 1.60 bits per heavy atom. The Morgan fingerprint density at radius 3 is 1.70 bits per heavy atom. The summed E-state index contributed by atoms with van der Waals surface area (Å²) in [5, 5.41) is 0. The van der Waals surface area contributed by atoms with E-state index in [0.717, 1.165) is 0 Å². The standard InChI is InChI=1S/C3H7BrClN.H3O3P/c1-3(2)6(4)5;1-4(2)3/h3H,1-2H3;4H,(H2,1,2,3). The van der Waals surface area contributed by atoms with E-state index in [1.165, 1.54) is 3.45 Å². The molecular weight excluding hydrogens is 244 g/mol. The van der Waals surface area contributed by atoms with Crippen molar-refractivity contribution in [1.29, 1.82) is 0 Å². The minimum absolute atomic E-state index is 0.367. The third-order valence-electron chi connectivity index (χ3n) is 0.390. The number of nitrogens with zero attached hydrogens (tertiary/aromatic N) is 1. The lowest BCUT2D eigenvalue weighted by Gasteiger charge is -2.05. The highest BCUT2D eigenvalue weighted by Gasteiger charge is 1.96. The van der Waals surface area contributed by atoms with Gasteiger partial charge in [0.2, 0.25) is 0 Å². The van der Waals surface area contributed by atoms with Gasteiger partial charge in [-0.15, -0.1) is 0 Å². The second-order valence-electron chi connectivity index (χ2n) is 1.64. The summed E-state index contributed by atoms with van der Waals surface area (Å²) in [5.41, 5.74) is 0. The Hall–Kier alpha value is 0.880. The molecule has 7 heteroatoms. The number of hydrogen-bond donors (Lipinski definition) is 2. The van der Waals surface area contributed by atoms with Crippen molar-refractivity contribution >= 4 is 36.2 Å². The van der Waals surface area contributed by atoms with E-state index < -0.39 is 8.25 Å². The maximum Gasteiger partial charge on any atom is 0.314 e. The van der Waals surface area contributed by atoms with Crippen molar-refractivity contribution in [3.8, 4) is 0 Å². The van der Waals surface area contributed by atoms with Crippen molar-refractivity contribution in [3.63, 3.8) is 0 Å². The van der Waals surface area contributed by atoms with Crippen LogP contribution in [0, 0.1) is 0 Å². The molecule has 0 fully saturated rings. The molecule has 64 valence electrons. The number of rotatable bonds is 1. The number of halogens is 2. The second kappa shape index (κ2) is 7.98. The van der Waals surface area contributed by atoms with Crippen LogP contribution in [0.1, 0.15) is 13.8 Å². The third-order valence-corrected chi connectivity index (χ3v) is 1.60. The largest absolute Gasteiger partial charge is 0.326 e. The molecule has 0 spiro atoms. The summed E-state index contributed by atoms with van der Waals surface area (Å²) in [7, 11) is -3.13. The zero-order chi connectivity index (χ0) is 8.73. The van der Waals surface area contributed by atoms with Crippen LogP contribution in [-0.4, -0.2) is 19.3 Å². The molecule has 0 aliphatic carbocycles. The summed E-state index contributed by atoms with van der Waals surface area (Å²) < 4.78 is 10.2. The van der Waals surface area contributed by atoms with Crippen molar-refractivity contribution < 1.29 is 14.4 Å². The van der Waals surface area contributed by atoms with E-state index in [-0.39, 0.29) is 0 Å². The van der Waals surface area contributed by atoms with Gasteiger partial charge in [-0.25, -0.2) is 0 Å². The van der Waals surface area contributed by atoms with Gasteiger partial charge in [0, 0.05) is 22.2 Å². The zero-order valence-electron chi connectivity index (χ0n) is 5.58. The van der Waals surface area contributed by atoms with Gasteiger partial charge in [0.15, 0.2) is 0 Å². The van der Waals surface area contributed by atoms with Gasteiger partial charge >= 0.3 is 8.25 Å². The van der Waals surface area contributed by atoms with E-state index in [9.17, 15) is 0 Å². The highest BCUT2D eigenvalue weighted by atomic mass is 79.9. The molecule has 0 rings (SSSR count). The fraction of sp³-hybridized carbons (Fsp3) is 1.00. The van der Waals surface area contributed by atoms with Crippen LogP contribution in [0.4, 0.5) is 0 Å². The molecule has 0 atom stereocenters. The van der Waals surface area contributed by atoms with E-state index in [1.807, 2.05) is 13.8 Å². The molecular formula is C3H10BrClNO3P. The van der Waals surface area contributed by atoms with E-state index in [0.29, 0.717) is 6.04 Å². The van der Waals surface area contributed by atoms with Gasteiger partial charge < -0.3 is 9.79 Å². The lowest BCUT2D eigenvalue weighted by molar-refractivity contribution is 0.405. The summed E-state index contributed by atoms with van der Waals surface area (Å²) in [6, 6.07) is 0.367. The average Bonchev–Trinajstić information content (AvgIpc) is 1.63. The molecule has 0 heterocycles. The van der Waals surface area contributed by atoms with Crippen molar-refractivity contribution in [2.45, 2.75) is 19.9 Å². The first-order valence-electron chi connectivity index (χ1n) is 2.40. The van der Waals surface area contributed by atoms with Crippen LogP contribution in [0.2, 0.25) is 0 Å². The number of hydrogen-bond acceptors (Lipinski definition) is 2. The fourth-order valence-corrected chi connectivity index (χ4v) is 0. The van der Waals surface area contributed by atoms with E-state index in [4.69, 9.17) is 26.1 Å². The Bertz CT molecular complexity index is 91.7. The normalized spacial score (nSPS) is 10.1. The first-order chi connectivity index (χ1) is 4.37. The maximum absolute atomic E-state index is 8.74. The van der Waals surface area contributed by atoms with Crippen LogP contribution >= 0.6 is 36.2 Å². The summed E-state index contributed by atoms with van der Waals surface area (Å²) in [6.45, 7) is 3.98. The molecule has 0 bridgehead atoms. The first-order valence-corrected chi connectivity index (χ1v) is 4.75. The van der Waals surface area contributed by atoms with Crippen molar-refractivity contribution in [3.05, 3.63) is 0 Å². The quantitative estimate of drug-likeness (QED) is 0.550. The van der Waals surface area contributed by atoms with Crippen LogP contribution in [0.25, 0.3) is 0 Å². The van der Waals surface area contributed by atoms with E-state index in [2.05, 4.69) is 16.1 Å². The van der Waals surface area contributed by atoms with Gasteiger partial charge in [0.25, 0.3) is 0 Å². The summed E-state index contributed by atoms with van der Waals surface area (Å²) in [6.07, 6.45) is 0. The van der Waals surface area contributed by atoms with Gasteiger partial charge in [-0.1, -0.05) is 0 Å². The Labute approximate surface area is 74.2 Å². The van der Waals surface area contributed by atoms with Crippen molar-refractivity contribution in [2.24, 2.45) is 0 Å². The van der Waals surface area contributed by atoms with Crippen LogP contribution < -0.4 is 0 Å². The lowest BCUT2D eigenvalue weighted by Crippen LogP contribution is -2.07. The van der Waals surface area contributed by atoms with Crippen LogP contribution in [0.5, 0.6) is 0 Å². The first kappa shape index (κ1) is 13.5. The molecule has 4 nitrogen and oxygen atoms in total. The maximum atomic E-state index is 8.74.